The van der Waals surface area contributed by atoms with E-state index in [0.717, 1.165) is 5.56 Å². The molecule has 1 rings (SSSR count). The van der Waals surface area contributed by atoms with Gasteiger partial charge in [-0.25, -0.2) is 23.5 Å². The lowest BCUT2D eigenvalue weighted by Gasteiger charge is -2.12. The molecule has 1 aromatic rings. The Morgan fingerprint density at radius 2 is 2.00 bits per heavy atom. The average Bonchev–Trinajstić information content (AvgIpc) is 2.19. The molecule has 1 atom stereocenters. The number of nitrogens with two attached hydrogens (primary N) is 1. The van der Waals surface area contributed by atoms with Crippen LogP contribution in [0.2, 0.25) is 0 Å². The lowest BCUT2D eigenvalue weighted by molar-refractivity contribution is 0.196. The number of rotatable bonds is 5. The number of primary sulfonamides is 1. The maximum absolute atomic E-state index is 11.2. The van der Waals surface area contributed by atoms with Gasteiger partial charge in [-0.15, -0.1) is 0 Å². The van der Waals surface area contributed by atoms with Gasteiger partial charge in [0.05, 0.1) is 6.61 Å². The second-order valence-corrected chi connectivity index (χ2v) is 5.39. The number of sulfonamides is 1. The highest BCUT2D eigenvalue weighted by Crippen LogP contribution is 2.05. The molecular weight excluding hydrogens is 230 g/mol. The molecule has 0 aliphatic carbocycles. The summed E-state index contributed by atoms with van der Waals surface area (Å²) in [6.07, 6.45) is 3.43. The second-order valence-electron chi connectivity index (χ2n) is 3.55. The van der Waals surface area contributed by atoms with Crippen molar-refractivity contribution in [2.24, 2.45) is 5.14 Å². The van der Waals surface area contributed by atoms with Crippen molar-refractivity contribution in [3.05, 3.63) is 23.8 Å². The van der Waals surface area contributed by atoms with Crippen LogP contribution in [0.5, 0.6) is 0 Å². The molecular formula is C9H15N3O3S. The lowest BCUT2D eigenvalue weighted by Crippen LogP contribution is -2.34. The summed E-state index contributed by atoms with van der Waals surface area (Å²) in [7, 11) is -2.22. The maximum atomic E-state index is 11.2. The van der Waals surface area contributed by atoms with E-state index in [2.05, 4.69) is 9.97 Å². The fraction of sp³-hybridized carbons (Fsp3) is 0.556. The van der Waals surface area contributed by atoms with Crippen LogP contribution >= 0.6 is 0 Å². The molecule has 0 bridgehead atoms. The van der Waals surface area contributed by atoms with Gasteiger partial charge in [0.1, 0.15) is 11.1 Å². The first kappa shape index (κ1) is 13.0. The van der Waals surface area contributed by atoms with E-state index in [1.165, 1.54) is 7.11 Å². The van der Waals surface area contributed by atoms with E-state index in [9.17, 15) is 8.42 Å². The number of aryl methyl sites for hydroxylation is 1. The zero-order chi connectivity index (χ0) is 12.2. The van der Waals surface area contributed by atoms with E-state index in [1.807, 2.05) is 6.92 Å². The minimum atomic E-state index is -3.64. The first-order valence-electron chi connectivity index (χ1n) is 4.71. The minimum Gasteiger partial charge on any atom is -0.383 e. The molecule has 0 fully saturated rings. The van der Waals surface area contributed by atoms with Crippen molar-refractivity contribution in [3.8, 4) is 0 Å². The van der Waals surface area contributed by atoms with E-state index >= 15 is 0 Å². The van der Waals surface area contributed by atoms with Crippen molar-refractivity contribution >= 4 is 10.0 Å². The summed E-state index contributed by atoms with van der Waals surface area (Å²) in [4.78, 5) is 8.05. The standard InChI is InChI=1S/C9H15N3O3S/c1-7-4-11-9(12-5-7)3-8(6-15-2)16(10,13)14/h4-5,8H,3,6H2,1-2H3,(H2,10,13,14). The summed E-state index contributed by atoms with van der Waals surface area (Å²) >= 11 is 0. The zero-order valence-electron chi connectivity index (χ0n) is 9.25. The van der Waals surface area contributed by atoms with Gasteiger partial charge in [-0.3, -0.25) is 0 Å². The topological polar surface area (TPSA) is 95.2 Å². The Labute approximate surface area is 94.9 Å². The van der Waals surface area contributed by atoms with Crippen molar-refractivity contribution < 1.29 is 13.2 Å². The fourth-order valence-corrected chi connectivity index (χ4v) is 1.89. The minimum absolute atomic E-state index is 0.0378. The molecule has 0 saturated carbocycles. The molecule has 0 spiro atoms. The van der Waals surface area contributed by atoms with Crippen molar-refractivity contribution in [2.75, 3.05) is 13.7 Å². The largest absolute Gasteiger partial charge is 0.383 e. The number of nitrogens with zero attached hydrogens (tertiary/aromatic N) is 2. The van der Waals surface area contributed by atoms with Gasteiger partial charge in [-0.2, -0.15) is 0 Å². The molecule has 6 nitrogen and oxygen atoms in total. The first-order chi connectivity index (χ1) is 7.43. The summed E-state index contributed by atoms with van der Waals surface area (Å²) in [5.41, 5.74) is 0.919. The molecule has 0 aromatic carbocycles. The third-order valence-corrected chi connectivity index (χ3v) is 3.29. The van der Waals surface area contributed by atoms with E-state index in [1.54, 1.807) is 12.4 Å². The number of hydrogen-bond donors (Lipinski definition) is 1. The van der Waals surface area contributed by atoms with Gasteiger partial charge in [0.15, 0.2) is 0 Å². The van der Waals surface area contributed by atoms with Crippen LogP contribution in [0.3, 0.4) is 0 Å². The van der Waals surface area contributed by atoms with Crippen LogP contribution in [0.1, 0.15) is 11.4 Å². The number of methoxy groups -OCH3 is 1. The van der Waals surface area contributed by atoms with Gasteiger partial charge >= 0.3 is 0 Å². The molecule has 0 saturated heterocycles. The molecule has 7 heteroatoms. The predicted octanol–water partition coefficient (Wildman–Crippen LogP) is -0.369. The Morgan fingerprint density at radius 3 is 2.44 bits per heavy atom. The number of aromatic nitrogens is 2. The van der Waals surface area contributed by atoms with Crippen molar-refractivity contribution in [3.63, 3.8) is 0 Å². The van der Waals surface area contributed by atoms with Crippen LogP contribution in [-0.4, -0.2) is 37.4 Å². The highest BCUT2D eigenvalue weighted by molar-refractivity contribution is 7.89. The predicted molar refractivity (Wildman–Crippen MR) is 59.2 cm³/mol. The summed E-state index contributed by atoms with van der Waals surface area (Å²) < 4.78 is 27.3. The third-order valence-electron chi connectivity index (χ3n) is 2.06. The molecule has 0 aliphatic heterocycles. The van der Waals surface area contributed by atoms with Gasteiger partial charge < -0.3 is 4.74 Å². The van der Waals surface area contributed by atoms with Gasteiger partial charge in [-0.1, -0.05) is 0 Å². The van der Waals surface area contributed by atoms with E-state index in [4.69, 9.17) is 9.88 Å². The molecule has 0 amide bonds. The third kappa shape index (κ3) is 3.84. The Kier molecular flexibility index (Phi) is 4.34. The normalized spacial score (nSPS) is 13.7. The van der Waals surface area contributed by atoms with Gasteiger partial charge in [0, 0.05) is 25.9 Å². The van der Waals surface area contributed by atoms with E-state index < -0.39 is 15.3 Å². The molecule has 90 valence electrons. The van der Waals surface area contributed by atoms with Gasteiger partial charge in [0.25, 0.3) is 0 Å². The SMILES string of the molecule is COCC(Cc1ncc(C)cn1)S(N)(=O)=O. The Hall–Kier alpha value is -1.05. The maximum Gasteiger partial charge on any atom is 0.214 e. The van der Waals surface area contributed by atoms with E-state index in [0.29, 0.717) is 5.82 Å². The molecule has 1 heterocycles. The van der Waals surface area contributed by atoms with Crippen molar-refractivity contribution in [1.82, 2.24) is 9.97 Å². The lowest BCUT2D eigenvalue weighted by atomic mass is 10.3. The molecule has 1 unspecified atom stereocenters. The molecule has 1 aromatic heterocycles. The average molecular weight is 245 g/mol. The monoisotopic (exact) mass is 245 g/mol. The molecule has 0 radical (unpaired) electrons. The molecule has 16 heavy (non-hydrogen) atoms. The van der Waals surface area contributed by atoms with Gasteiger partial charge in [-0.05, 0) is 12.5 Å². The van der Waals surface area contributed by atoms with Crippen LogP contribution in [0, 0.1) is 6.92 Å². The Bertz CT molecular complexity index is 430. The quantitative estimate of drug-likeness (QED) is 0.763. The summed E-state index contributed by atoms with van der Waals surface area (Å²) in [5.74, 6) is 0.446. The van der Waals surface area contributed by atoms with Crippen LogP contribution in [0.4, 0.5) is 0 Å². The first-order valence-corrected chi connectivity index (χ1v) is 6.32. The summed E-state index contributed by atoms with van der Waals surface area (Å²) in [6.45, 7) is 1.90. The fourth-order valence-electron chi connectivity index (χ4n) is 1.18. The molecule has 2 N–H and O–H groups in total. The van der Waals surface area contributed by atoms with Crippen LogP contribution in [0.15, 0.2) is 12.4 Å². The highest BCUT2D eigenvalue weighted by Gasteiger charge is 2.22. The van der Waals surface area contributed by atoms with Gasteiger partial charge in [0.2, 0.25) is 10.0 Å². The van der Waals surface area contributed by atoms with Crippen molar-refractivity contribution in [2.45, 2.75) is 18.6 Å². The Balaban J connectivity index is 2.80. The number of ether oxygens (including phenoxy) is 1. The van der Waals surface area contributed by atoms with E-state index in [-0.39, 0.29) is 13.0 Å². The van der Waals surface area contributed by atoms with Crippen LogP contribution < -0.4 is 5.14 Å². The molecule has 0 aliphatic rings. The number of hydrogen-bond acceptors (Lipinski definition) is 5. The zero-order valence-corrected chi connectivity index (χ0v) is 10.1. The summed E-state index contributed by atoms with van der Waals surface area (Å²) in [6, 6.07) is 0. The Morgan fingerprint density at radius 1 is 1.44 bits per heavy atom. The van der Waals surface area contributed by atoms with Crippen molar-refractivity contribution in [1.29, 1.82) is 0 Å². The summed E-state index contributed by atoms with van der Waals surface area (Å²) in [5, 5.41) is 4.27. The van der Waals surface area contributed by atoms with Crippen LogP contribution in [0.25, 0.3) is 0 Å². The highest BCUT2D eigenvalue weighted by atomic mass is 32.2. The second kappa shape index (κ2) is 5.33. The smallest absolute Gasteiger partial charge is 0.214 e. The van der Waals surface area contributed by atoms with Crippen LogP contribution in [-0.2, 0) is 21.2 Å².